The number of carbonyl (C=O) groups excluding carboxylic acids is 2. The van der Waals surface area contributed by atoms with Gasteiger partial charge in [0.2, 0.25) is 5.91 Å². The summed E-state index contributed by atoms with van der Waals surface area (Å²) < 4.78 is 0. The lowest BCUT2D eigenvalue weighted by molar-refractivity contribution is -0.121. The summed E-state index contributed by atoms with van der Waals surface area (Å²) in [5.74, 6) is 0.825. The highest BCUT2D eigenvalue weighted by Gasteiger charge is 2.24. The standard InChI is InChI=1S/C18H27N5O2/c1-13-20-12-14-11-15(5-6-16(14)21-13)22-18(25)23-9-4-2-3-8-19-17(24)7-10-23/h12,15H,2-11H2,1H3,(H,19,24)(H,22,25). The maximum atomic E-state index is 12.7. The van der Waals surface area contributed by atoms with Gasteiger partial charge in [0.15, 0.2) is 0 Å². The molecule has 0 radical (unpaired) electrons. The van der Waals surface area contributed by atoms with E-state index < -0.39 is 0 Å². The van der Waals surface area contributed by atoms with E-state index in [4.69, 9.17) is 0 Å². The number of hydrogen-bond acceptors (Lipinski definition) is 4. The van der Waals surface area contributed by atoms with E-state index in [1.54, 1.807) is 4.90 Å². The second-order valence-corrected chi connectivity index (χ2v) is 6.93. The molecule has 1 aromatic rings. The Morgan fingerprint density at radius 2 is 2.16 bits per heavy atom. The summed E-state index contributed by atoms with van der Waals surface area (Å²) in [6, 6.07) is 0.0467. The number of aryl methyl sites for hydroxylation is 2. The molecule has 2 N–H and O–H groups in total. The topological polar surface area (TPSA) is 87.2 Å². The van der Waals surface area contributed by atoms with Gasteiger partial charge in [-0.1, -0.05) is 0 Å². The SMILES string of the molecule is Cc1ncc2c(n1)CCC(NC(=O)N1CCCCCNC(=O)CC1)C2. The summed E-state index contributed by atoms with van der Waals surface area (Å²) in [5.41, 5.74) is 2.23. The number of amides is 3. The second-order valence-electron chi connectivity index (χ2n) is 6.93. The first-order chi connectivity index (χ1) is 12.1. The summed E-state index contributed by atoms with van der Waals surface area (Å²) in [6.07, 6.45) is 7.75. The number of nitrogens with one attached hydrogen (secondary N) is 2. The number of nitrogens with zero attached hydrogens (tertiary/aromatic N) is 3. The van der Waals surface area contributed by atoms with E-state index in [0.29, 0.717) is 19.5 Å². The van der Waals surface area contributed by atoms with Crippen LogP contribution in [0.3, 0.4) is 0 Å². The monoisotopic (exact) mass is 345 g/mol. The third kappa shape index (κ3) is 4.90. The van der Waals surface area contributed by atoms with Crippen molar-refractivity contribution in [2.24, 2.45) is 0 Å². The Balaban J connectivity index is 1.57. The Morgan fingerprint density at radius 1 is 1.28 bits per heavy atom. The fraction of sp³-hybridized carbons (Fsp3) is 0.667. The second kappa shape index (κ2) is 8.27. The normalized spacial score (nSPS) is 21.9. The van der Waals surface area contributed by atoms with E-state index in [1.807, 2.05) is 13.1 Å². The summed E-state index contributed by atoms with van der Waals surface area (Å²) in [5, 5.41) is 6.04. The van der Waals surface area contributed by atoms with Gasteiger partial charge in [0.05, 0.1) is 0 Å². The van der Waals surface area contributed by atoms with Crippen LogP contribution in [0.25, 0.3) is 0 Å². The average molecular weight is 345 g/mol. The molecule has 1 saturated heterocycles. The van der Waals surface area contributed by atoms with Gasteiger partial charge in [-0.25, -0.2) is 14.8 Å². The van der Waals surface area contributed by atoms with Crippen molar-refractivity contribution in [3.63, 3.8) is 0 Å². The Labute approximate surface area is 148 Å². The Bertz CT molecular complexity index is 634. The molecule has 1 aliphatic carbocycles. The first kappa shape index (κ1) is 17.6. The lowest BCUT2D eigenvalue weighted by Crippen LogP contribution is -2.48. The number of hydrogen-bond donors (Lipinski definition) is 2. The first-order valence-electron chi connectivity index (χ1n) is 9.25. The van der Waals surface area contributed by atoms with Gasteiger partial charge in [-0.15, -0.1) is 0 Å². The predicted octanol–water partition coefficient (Wildman–Crippen LogP) is 1.34. The van der Waals surface area contributed by atoms with Crippen LogP contribution in [0, 0.1) is 6.92 Å². The minimum Gasteiger partial charge on any atom is -0.356 e. The molecule has 1 fully saturated rings. The van der Waals surface area contributed by atoms with Crippen LogP contribution >= 0.6 is 0 Å². The lowest BCUT2D eigenvalue weighted by atomic mass is 9.93. The van der Waals surface area contributed by atoms with Gasteiger partial charge in [-0.3, -0.25) is 4.79 Å². The molecule has 1 aliphatic heterocycles. The van der Waals surface area contributed by atoms with Crippen molar-refractivity contribution in [3.05, 3.63) is 23.3 Å². The molecule has 136 valence electrons. The zero-order chi connectivity index (χ0) is 17.6. The van der Waals surface area contributed by atoms with Crippen LogP contribution in [-0.2, 0) is 17.6 Å². The maximum absolute atomic E-state index is 12.7. The zero-order valence-electron chi connectivity index (χ0n) is 14.9. The molecule has 3 rings (SSSR count). The van der Waals surface area contributed by atoms with E-state index in [1.165, 1.54) is 0 Å². The largest absolute Gasteiger partial charge is 0.356 e. The molecule has 0 aromatic carbocycles. The van der Waals surface area contributed by atoms with E-state index in [-0.39, 0.29) is 18.0 Å². The molecule has 2 aliphatic rings. The van der Waals surface area contributed by atoms with Crippen molar-refractivity contribution in [1.82, 2.24) is 25.5 Å². The van der Waals surface area contributed by atoms with Crippen LogP contribution in [0.15, 0.2) is 6.20 Å². The first-order valence-corrected chi connectivity index (χ1v) is 9.25. The molecule has 3 amide bonds. The summed E-state index contributed by atoms with van der Waals surface area (Å²) in [4.78, 5) is 34.9. The highest BCUT2D eigenvalue weighted by Crippen LogP contribution is 2.19. The van der Waals surface area contributed by atoms with Gasteiger partial charge in [-0.2, -0.15) is 0 Å². The zero-order valence-corrected chi connectivity index (χ0v) is 14.9. The lowest BCUT2D eigenvalue weighted by Gasteiger charge is -2.29. The third-order valence-corrected chi connectivity index (χ3v) is 4.92. The quantitative estimate of drug-likeness (QED) is 0.804. The van der Waals surface area contributed by atoms with Crippen molar-refractivity contribution in [1.29, 1.82) is 0 Å². The molecule has 1 aromatic heterocycles. The minimum atomic E-state index is -0.0603. The molecular weight excluding hydrogens is 318 g/mol. The van der Waals surface area contributed by atoms with Crippen LogP contribution in [0.4, 0.5) is 4.79 Å². The molecule has 0 spiro atoms. The van der Waals surface area contributed by atoms with Crippen LogP contribution in [-0.4, -0.2) is 52.5 Å². The van der Waals surface area contributed by atoms with Crippen molar-refractivity contribution < 1.29 is 9.59 Å². The van der Waals surface area contributed by atoms with Crippen LogP contribution in [0.5, 0.6) is 0 Å². The van der Waals surface area contributed by atoms with Crippen molar-refractivity contribution in [3.8, 4) is 0 Å². The summed E-state index contributed by atoms with van der Waals surface area (Å²) >= 11 is 0. The smallest absolute Gasteiger partial charge is 0.317 e. The Morgan fingerprint density at radius 3 is 3.04 bits per heavy atom. The number of carbonyl (C=O) groups is 2. The fourth-order valence-electron chi connectivity index (χ4n) is 3.47. The molecule has 0 saturated carbocycles. The highest BCUT2D eigenvalue weighted by atomic mass is 16.2. The molecule has 0 bridgehead atoms. The summed E-state index contributed by atoms with van der Waals surface area (Å²) in [7, 11) is 0. The van der Waals surface area contributed by atoms with Crippen LogP contribution in [0.1, 0.15) is 49.2 Å². The third-order valence-electron chi connectivity index (χ3n) is 4.92. The van der Waals surface area contributed by atoms with E-state index in [0.717, 1.165) is 62.2 Å². The van der Waals surface area contributed by atoms with Gasteiger partial charge >= 0.3 is 6.03 Å². The molecule has 1 atom stereocenters. The van der Waals surface area contributed by atoms with E-state index >= 15 is 0 Å². The van der Waals surface area contributed by atoms with E-state index in [2.05, 4.69) is 20.6 Å². The Kier molecular flexibility index (Phi) is 5.83. The number of fused-ring (bicyclic) bond motifs is 1. The van der Waals surface area contributed by atoms with Crippen molar-refractivity contribution in [2.45, 2.75) is 57.9 Å². The van der Waals surface area contributed by atoms with Gasteiger partial charge < -0.3 is 15.5 Å². The van der Waals surface area contributed by atoms with Crippen molar-refractivity contribution >= 4 is 11.9 Å². The van der Waals surface area contributed by atoms with Gasteiger partial charge in [0.1, 0.15) is 5.82 Å². The van der Waals surface area contributed by atoms with Crippen LogP contribution < -0.4 is 10.6 Å². The van der Waals surface area contributed by atoms with Gasteiger partial charge in [-0.05, 0) is 51.0 Å². The van der Waals surface area contributed by atoms with Crippen molar-refractivity contribution in [2.75, 3.05) is 19.6 Å². The Hall–Kier alpha value is -2.18. The fourth-order valence-corrected chi connectivity index (χ4v) is 3.47. The van der Waals surface area contributed by atoms with Gasteiger partial charge in [0, 0.05) is 44.0 Å². The van der Waals surface area contributed by atoms with Crippen LogP contribution in [0.2, 0.25) is 0 Å². The van der Waals surface area contributed by atoms with Gasteiger partial charge in [0.25, 0.3) is 0 Å². The minimum absolute atomic E-state index is 0.0267. The predicted molar refractivity (Wildman–Crippen MR) is 94.2 cm³/mol. The molecule has 1 unspecified atom stereocenters. The van der Waals surface area contributed by atoms with E-state index in [9.17, 15) is 9.59 Å². The number of aromatic nitrogens is 2. The average Bonchev–Trinajstić information content (AvgIpc) is 2.60. The molecule has 7 heteroatoms. The molecule has 25 heavy (non-hydrogen) atoms. The number of urea groups is 1. The maximum Gasteiger partial charge on any atom is 0.317 e. The molecule has 2 heterocycles. The highest BCUT2D eigenvalue weighted by molar-refractivity contribution is 5.78. The number of rotatable bonds is 1. The molecule has 7 nitrogen and oxygen atoms in total. The summed E-state index contributed by atoms with van der Waals surface area (Å²) in [6.45, 7) is 3.83. The molecular formula is C18H27N5O2.